The second-order valence-electron chi connectivity index (χ2n) is 7.32. The first-order valence-corrected chi connectivity index (χ1v) is 10.9. The second-order valence-corrected chi connectivity index (χ2v) is 8.30. The van der Waals surface area contributed by atoms with E-state index in [0.29, 0.717) is 5.56 Å². The molecule has 2 atom stereocenters. The normalized spacial score (nSPS) is 16.9. The van der Waals surface area contributed by atoms with Crippen molar-refractivity contribution >= 4 is 22.9 Å². The summed E-state index contributed by atoms with van der Waals surface area (Å²) in [5.74, 6) is -0.0515. The van der Waals surface area contributed by atoms with Crippen molar-refractivity contribution in [3.05, 3.63) is 82.8 Å². The van der Waals surface area contributed by atoms with Crippen LogP contribution >= 0.6 is 11.3 Å². The summed E-state index contributed by atoms with van der Waals surface area (Å²) in [4.78, 5) is 22.9. The molecule has 0 radical (unpaired) electrons. The summed E-state index contributed by atoms with van der Waals surface area (Å²) in [6.07, 6.45) is 3.30. The Balaban J connectivity index is 1.46. The predicted octanol–water partition coefficient (Wildman–Crippen LogP) is 3.82. The van der Waals surface area contributed by atoms with Gasteiger partial charge < -0.3 is 10.2 Å². The molecule has 1 aromatic carbocycles. The zero-order valence-corrected chi connectivity index (χ0v) is 17.4. The van der Waals surface area contributed by atoms with Crippen LogP contribution in [-0.4, -0.2) is 48.0 Å². The zero-order valence-electron chi connectivity index (χ0n) is 16.6. The van der Waals surface area contributed by atoms with Gasteiger partial charge in [0.1, 0.15) is 0 Å². The van der Waals surface area contributed by atoms with Crippen LogP contribution in [-0.2, 0) is 0 Å². The van der Waals surface area contributed by atoms with Gasteiger partial charge in [0, 0.05) is 60.7 Å². The molecule has 0 unspecified atom stereocenters. The highest BCUT2D eigenvalue weighted by Crippen LogP contribution is 2.30. The Morgan fingerprint density at radius 1 is 1.00 bits per heavy atom. The molecule has 29 heavy (non-hydrogen) atoms. The maximum absolute atomic E-state index is 12.7. The summed E-state index contributed by atoms with van der Waals surface area (Å²) in [6, 6.07) is 18.5. The van der Waals surface area contributed by atoms with Crippen LogP contribution in [0.4, 0.5) is 5.69 Å². The second kappa shape index (κ2) is 9.20. The van der Waals surface area contributed by atoms with E-state index in [1.807, 2.05) is 0 Å². The molecule has 4 rings (SSSR count). The molecule has 1 N–H and O–H groups in total. The van der Waals surface area contributed by atoms with Crippen molar-refractivity contribution < 1.29 is 4.79 Å². The van der Waals surface area contributed by atoms with Crippen molar-refractivity contribution in [3.63, 3.8) is 0 Å². The molecular formula is C23H26N4OS. The molecule has 1 saturated heterocycles. The molecule has 6 heteroatoms. The van der Waals surface area contributed by atoms with Gasteiger partial charge >= 0.3 is 0 Å². The average Bonchev–Trinajstić information content (AvgIpc) is 3.30. The number of para-hydroxylation sites is 1. The van der Waals surface area contributed by atoms with Gasteiger partial charge in [0.25, 0.3) is 5.91 Å². The van der Waals surface area contributed by atoms with Crippen LogP contribution in [0.1, 0.15) is 28.2 Å². The summed E-state index contributed by atoms with van der Waals surface area (Å²) in [5.41, 5.74) is 1.92. The molecule has 1 amide bonds. The number of aromatic nitrogens is 1. The number of carbonyl (C=O) groups excluding carboxylic acids is 1. The topological polar surface area (TPSA) is 48.5 Å². The number of piperazine rings is 1. The smallest absolute Gasteiger partial charge is 0.251 e. The van der Waals surface area contributed by atoms with E-state index in [0.717, 1.165) is 26.2 Å². The van der Waals surface area contributed by atoms with Gasteiger partial charge in [-0.05, 0) is 42.6 Å². The van der Waals surface area contributed by atoms with E-state index >= 15 is 0 Å². The first-order chi connectivity index (χ1) is 14.2. The highest BCUT2D eigenvalue weighted by Gasteiger charge is 2.31. The lowest BCUT2D eigenvalue weighted by atomic mass is 10.0. The van der Waals surface area contributed by atoms with Crippen LogP contribution in [0.15, 0.2) is 72.4 Å². The molecule has 2 aromatic heterocycles. The van der Waals surface area contributed by atoms with Crippen molar-refractivity contribution in [1.82, 2.24) is 15.2 Å². The summed E-state index contributed by atoms with van der Waals surface area (Å²) >= 11 is 1.76. The largest absolute Gasteiger partial charge is 0.369 e. The van der Waals surface area contributed by atoms with Gasteiger partial charge in [-0.1, -0.05) is 24.3 Å². The number of amides is 1. The molecular weight excluding hydrogens is 380 g/mol. The quantitative estimate of drug-likeness (QED) is 0.676. The minimum Gasteiger partial charge on any atom is -0.369 e. The predicted molar refractivity (Wildman–Crippen MR) is 118 cm³/mol. The van der Waals surface area contributed by atoms with Crippen LogP contribution in [0.3, 0.4) is 0 Å². The molecule has 150 valence electrons. The van der Waals surface area contributed by atoms with Gasteiger partial charge in [-0.15, -0.1) is 11.3 Å². The van der Waals surface area contributed by atoms with Gasteiger partial charge in [0.2, 0.25) is 0 Å². The SMILES string of the molecule is C[C@@H](NC(=O)c1ccncc1)[C@@H](c1cccs1)N1CCN(c2ccccc2)CC1. The van der Waals surface area contributed by atoms with Gasteiger partial charge in [-0.2, -0.15) is 0 Å². The summed E-state index contributed by atoms with van der Waals surface area (Å²) in [5, 5.41) is 5.32. The fourth-order valence-electron chi connectivity index (χ4n) is 3.97. The van der Waals surface area contributed by atoms with E-state index in [4.69, 9.17) is 0 Å². The van der Waals surface area contributed by atoms with Crippen LogP contribution in [0.5, 0.6) is 0 Å². The Morgan fingerprint density at radius 2 is 1.72 bits per heavy atom. The molecule has 3 aromatic rings. The van der Waals surface area contributed by atoms with Gasteiger partial charge in [0.05, 0.1) is 6.04 Å². The monoisotopic (exact) mass is 406 g/mol. The molecule has 0 saturated carbocycles. The molecule has 1 aliphatic heterocycles. The molecule has 1 fully saturated rings. The number of anilines is 1. The summed E-state index contributed by atoms with van der Waals surface area (Å²) in [6.45, 7) is 6.00. The molecule has 5 nitrogen and oxygen atoms in total. The highest BCUT2D eigenvalue weighted by atomic mass is 32.1. The van der Waals surface area contributed by atoms with E-state index < -0.39 is 0 Å². The van der Waals surface area contributed by atoms with Gasteiger partial charge in [0.15, 0.2) is 0 Å². The highest BCUT2D eigenvalue weighted by molar-refractivity contribution is 7.10. The Labute approximate surface area is 176 Å². The third-order valence-electron chi connectivity index (χ3n) is 5.44. The number of thiophene rings is 1. The van der Waals surface area contributed by atoms with E-state index in [-0.39, 0.29) is 18.0 Å². The molecule has 0 spiro atoms. The van der Waals surface area contributed by atoms with Crippen LogP contribution < -0.4 is 10.2 Å². The Morgan fingerprint density at radius 3 is 2.38 bits per heavy atom. The minimum absolute atomic E-state index is 0.00223. The molecule has 0 bridgehead atoms. The van der Waals surface area contributed by atoms with E-state index in [9.17, 15) is 4.79 Å². The fraction of sp³-hybridized carbons (Fsp3) is 0.304. The zero-order chi connectivity index (χ0) is 20.1. The minimum atomic E-state index is -0.0515. The van der Waals surface area contributed by atoms with E-state index in [1.165, 1.54) is 10.6 Å². The lowest BCUT2D eigenvalue weighted by molar-refractivity contribution is 0.0890. The van der Waals surface area contributed by atoms with Crippen molar-refractivity contribution in [2.45, 2.75) is 19.0 Å². The van der Waals surface area contributed by atoms with Gasteiger partial charge in [-0.3, -0.25) is 14.7 Å². The lowest BCUT2D eigenvalue weighted by Crippen LogP contribution is -2.52. The van der Waals surface area contributed by atoms with Crippen molar-refractivity contribution in [3.8, 4) is 0 Å². The Hall–Kier alpha value is -2.70. The number of nitrogens with zero attached hydrogens (tertiary/aromatic N) is 3. The number of carbonyl (C=O) groups is 1. The van der Waals surface area contributed by atoms with Crippen molar-refractivity contribution in [2.75, 3.05) is 31.1 Å². The average molecular weight is 407 g/mol. The van der Waals surface area contributed by atoms with E-state index in [1.54, 1.807) is 35.9 Å². The van der Waals surface area contributed by atoms with Crippen LogP contribution in [0.2, 0.25) is 0 Å². The third kappa shape index (κ3) is 4.66. The number of rotatable bonds is 6. The Kier molecular flexibility index (Phi) is 6.22. The van der Waals surface area contributed by atoms with Crippen LogP contribution in [0.25, 0.3) is 0 Å². The molecule has 0 aliphatic carbocycles. The van der Waals surface area contributed by atoms with Crippen LogP contribution in [0, 0.1) is 0 Å². The first-order valence-electron chi connectivity index (χ1n) is 10.0. The molecule has 3 heterocycles. The number of nitrogens with one attached hydrogen (secondary N) is 1. The molecule has 1 aliphatic rings. The fourth-order valence-corrected chi connectivity index (χ4v) is 4.94. The standard InChI is InChI=1S/C23H26N4OS/c1-18(25-23(28)19-9-11-24-12-10-19)22(21-8-5-17-29-21)27-15-13-26(14-16-27)20-6-3-2-4-7-20/h2-12,17-18,22H,13-16H2,1H3,(H,25,28)/t18-,22+/m1/s1. The summed E-state index contributed by atoms with van der Waals surface area (Å²) in [7, 11) is 0. The lowest BCUT2D eigenvalue weighted by Gasteiger charge is -2.42. The van der Waals surface area contributed by atoms with E-state index in [2.05, 4.69) is 74.9 Å². The Bertz CT molecular complexity index is 893. The number of hydrogen-bond donors (Lipinski definition) is 1. The number of hydrogen-bond acceptors (Lipinski definition) is 5. The number of benzene rings is 1. The maximum atomic E-state index is 12.7. The summed E-state index contributed by atoms with van der Waals surface area (Å²) < 4.78 is 0. The number of pyridine rings is 1. The maximum Gasteiger partial charge on any atom is 0.251 e. The van der Waals surface area contributed by atoms with Gasteiger partial charge in [-0.25, -0.2) is 0 Å². The van der Waals surface area contributed by atoms with Crippen molar-refractivity contribution in [1.29, 1.82) is 0 Å². The van der Waals surface area contributed by atoms with Crippen molar-refractivity contribution in [2.24, 2.45) is 0 Å². The third-order valence-corrected chi connectivity index (χ3v) is 6.38. The first kappa shape index (κ1) is 19.6.